The zero-order valence-corrected chi connectivity index (χ0v) is 12.7. The maximum Gasteiger partial charge on any atom is 0.254 e. The first kappa shape index (κ1) is 13.6. The number of likely N-dealkylation sites (tertiary alicyclic amines) is 1. The fourth-order valence-corrected chi connectivity index (χ4v) is 4.11. The van der Waals surface area contributed by atoms with Gasteiger partial charge < -0.3 is 4.90 Å². The zero-order valence-electron chi connectivity index (χ0n) is 12.7. The van der Waals surface area contributed by atoms with Gasteiger partial charge >= 0.3 is 0 Å². The van der Waals surface area contributed by atoms with Crippen molar-refractivity contribution in [3.8, 4) is 0 Å². The third-order valence-corrected chi connectivity index (χ3v) is 5.23. The maximum atomic E-state index is 12.9. The van der Waals surface area contributed by atoms with Crippen LogP contribution in [0, 0.1) is 5.92 Å². The van der Waals surface area contributed by atoms with Gasteiger partial charge in [-0.05, 0) is 54.9 Å². The summed E-state index contributed by atoms with van der Waals surface area (Å²) in [6.45, 7) is 0.900. The van der Waals surface area contributed by atoms with Crippen LogP contribution in [0.1, 0.15) is 34.3 Å². The minimum Gasteiger partial charge on any atom is -0.335 e. The summed E-state index contributed by atoms with van der Waals surface area (Å²) in [6, 6.07) is 18.8. The Balaban J connectivity index is 1.63. The van der Waals surface area contributed by atoms with Crippen molar-refractivity contribution >= 4 is 5.91 Å². The fraction of sp³-hybridized carbons (Fsp3) is 0.350. The molecule has 1 heterocycles. The van der Waals surface area contributed by atoms with Crippen molar-refractivity contribution in [2.24, 2.45) is 5.92 Å². The summed E-state index contributed by atoms with van der Waals surface area (Å²) in [5.41, 5.74) is 3.73. The largest absolute Gasteiger partial charge is 0.335 e. The molecule has 2 nitrogen and oxygen atoms in total. The summed E-state index contributed by atoms with van der Waals surface area (Å²) < 4.78 is 0. The Morgan fingerprint density at radius 2 is 1.59 bits per heavy atom. The topological polar surface area (TPSA) is 20.3 Å². The van der Waals surface area contributed by atoms with Gasteiger partial charge in [-0.25, -0.2) is 0 Å². The zero-order chi connectivity index (χ0) is 14.9. The molecule has 1 saturated heterocycles. The molecule has 0 bridgehead atoms. The summed E-state index contributed by atoms with van der Waals surface area (Å²) in [6.07, 6.45) is 4.51. The van der Waals surface area contributed by atoms with E-state index in [9.17, 15) is 4.79 Å². The van der Waals surface area contributed by atoms with Gasteiger partial charge in [0.25, 0.3) is 5.91 Å². The third kappa shape index (κ3) is 2.33. The van der Waals surface area contributed by atoms with Crippen molar-refractivity contribution < 1.29 is 4.79 Å². The van der Waals surface area contributed by atoms with Crippen molar-refractivity contribution in [3.63, 3.8) is 0 Å². The highest BCUT2D eigenvalue weighted by atomic mass is 16.2. The van der Waals surface area contributed by atoms with E-state index >= 15 is 0 Å². The number of benzene rings is 2. The van der Waals surface area contributed by atoms with Crippen LogP contribution in [0.25, 0.3) is 0 Å². The standard InChI is InChI=1S/C20H21NO/c22-20(15-7-2-1-3-8-15)21-12-6-11-18-13-16-9-4-5-10-17(16)14-19(18)21/h1-5,7-10,18-19H,6,11-14H2. The lowest BCUT2D eigenvalue weighted by Gasteiger charge is -2.44. The first-order chi connectivity index (χ1) is 10.8. The Morgan fingerprint density at radius 1 is 0.909 bits per heavy atom. The number of nitrogens with zero attached hydrogens (tertiary/aromatic N) is 1. The minimum absolute atomic E-state index is 0.203. The lowest BCUT2D eigenvalue weighted by molar-refractivity contribution is 0.0475. The molecule has 22 heavy (non-hydrogen) atoms. The minimum atomic E-state index is 0.203. The molecule has 1 aliphatic heterocycles. The molecule has 2 aliphatic rings. The van der Waals surface area contributed by atoms with Crippen molar-refractivity contribution in [2.45, 2.75) is 31.7 Å². The van der Waals surface area contributed by atoms with Crippen LogP contribution < -0.4 is 0 Å². The summed E-state index contributed by atoms with van der Waals surface area (Å²) >= 11 is 0. The van der Waals surface area contributed by atoms with E-state index in [1.54, 1.807) is 0 Å². The first-order valence-electron chi connectivity index (χ1n) is 8.26. The summed E-state index contributed by atoms with van der Waals surface area (Å²) in [5, 5.41) is 0. The molecular formula is C20H21NO. The van der Waals surface area contributed by atoms with Gasteiger partial charge in [-0.15, -0.1) is 0 Å². The molecule has 1 fully saturated rings. The van der Waals surface area contributed by atoms with Crippen LogP contribution in [0.2, 0.25) is 0 Å². The molecule has 2 aromatic rings. The molecule has 0 spiro atoms. The molecule has 0 radical (unpaired) electrons. The fourth-order valence-electron chi connectivity index (χ4n) is 4.11. The summed E-state index contributed by atoms with van der Waals surface area (Å²) in [4.78, 5) is 15.0. The average Bonchev–Trinajstić information content (AvgIpc) is 2.59. The molecule has 1 amide bonds. The number of carbonyl (C=O) groups excluding carboxylic acids is 1. The van der Waals surface area contributed by atoms with E-state index in [2.05, 4.69) is 29.2 Å². The molecule has 2 atom stereocenters. The molecule has 0 saturated carbocycles. The van der Waals surface area contributed by atoms with Gasteiger partial charge in [0.15, 0.2) is 0 Å². The average molecular weight is 291 g/mol. The van der Waals surface area contributed by atoms with Crippen molar-refractivity contribution in [1.29, 1.82) is 0 Å². The Bertz CT molecular complexity index is 679. The van der Waals surface area contributed by atoms with Crippen molar-refractivity contribution in [1.82, 2.24) is 4.90 Å². The van der Waals surface area contributed by atoms with Gasteiger partial charge in [-0.1, -0.05) is 42.5 Å². The number of hydrogen-bond acceptors (Lipinski definition) is 1. The predicted octanol–water partition coefficient (Wildman–Crippen LogP) is 3.71. The van der Waals surface area contributed by atoms with Crippen LogP contribution in [-0.2, 0) is 12.8 Å². The Kier molecular flexibility index (Phi) is 3.45. The quantitative estimate of drug-likeness (QED) is 0.784. The Hall–Kier alpha value is -2.09. The van der Waals surface area contributed by atoms with Crippen LogP contribution in [-0.4, -0.2) is 23.4 Å². The summed E-state index contributed by atoms with van der Waals surface area (Å²) in [7, 11) is 0. The Labute approximate surface area is 131 Å². The number of carbonyl (C=O) groups is 1. The summed E-state index contributed by atoms with van der Waals surface area (Å²) in [5.74, 6) is 0.825. The van der Waals surface area contributed by atoms with Gasteiger partial charge in [0.2, 0.25) is 0 Å². The lowest BCUT2D eigenvalue weighted by atomic mass is 9.75. The lowest BCUT2D eigenvalue weighted by Crippen LogP contribution is -2.51. The normalized spacial score (nSPS) is 23.5. The highest BCUT2D eigenvalue weighted by Crippen LogP contribution is 2.35. The second-order valence-electron chi connectivity index (χ2n) is 6.51. The van der Waals surface area contributed by atoms with Crippen LogP contribution >= 0.6 is 0 Å². The highest BCUT2D eigenvalue weighted by Gasteiger charge is 2.37. The van der Waals surface area contributed by atoms with Crippen LogP contribution in [0.4, 0.5) is 0 Å². The van der Waals surface area contributed by atoms with E-state index in [1.807, 2.05) is 30.3 Å². The van der Waals surface area contributed by atoms with Gasteiger partial charge in [0.05, 0.1) is 0 Å². The number of fused-ring (bicyclic) bond motifs is 2. The maximum absolute atomic E-state index is 12.9. The molecule has 1 aliphatic carbocycles. The predicted molar refractivity (Wildman–Crippen MR) is 87.8 cm³/mol. The van der Waals surface area contributed by atoms with E-state index in [-0.39, 0.29) is 5.91 Å². The molecule has 2 aromatic carbocycles. The number of piperidine rings is 1. The van der Waals surface area contributed by atoms with E-state index in [1.165, 1.54) is 17.5 Å². The number of amides is 1. The molecule has 2 heteroatoms. The van der Waals surface area contributed by atoms with E-state index < -0.39 is 0 Å². The van der Waals surface area contributed by atoms with Crippen molar-refractivity contribution in [2.75, 3.05) is 6.54 Å². The molecular weight excluding hydrogens is 270 g/mol. The molecule has 0 N–H and O–H groups in total. The van der Waals surface area contributed by atoms with Gasteiger partial charge in [-0.3, -0.25) is 4.79 Å². The van der Waals surface area contributed by atoms with E-state index in [4.69, 9.17) is 0 Å². The highest BCUT2D eigenvalue weighted by molar-refractivity contribution is 5.94. The van der Waals surface area contributed by atoms with E-state index in [0.29, 0.717) is 12.0 Å². The van der Waals surface area contributed by atoms with Gasteiger partial charge in [-0.2, -0.15) is 0 Å². The third-order valence-electron chi connectivity index (χ3n) is 5.23. The van der Waals surface area contributed by atoms with E-state index in [0.717, 1.165) is 31.4 Å². The Morgan fingerprint density at radius 3 is 2.36 bits per heavy atom. The first-order valence-corrected chi connectivity index (χ1v) is 8.26. The number of rotatable bonds is 1. The monoisotopic (exact) mass is 291 g/mol. The van der Waals surface area contributed by atoms with Crippen LogP contribution in [0.5, 0.6) is 0 Å². The molecule has 4 rings (SSSR count). The second-order valence-corrected chi connectivity index (χ2v) is 6.51. The van der Waals surface area contributed by atoms with Crippen LogP contribution in [0.3, 0.4) is 0 Å². The van der Waals surface area contributed by atoms with Gasteiger partial charge in [0.1, 0.15) is 0 Å². The van der Waals surface area contributed by atoms with Crippen molar-refractivity contribution in [3.05, 3.63) is 71.3 Å². The van der Waals surface area contributed by atoms with Crippen LogP contribution in [0.15, 0.2) is 54.6 Å². The molecule has 0 aromatic heterocycles. The molecule has 112 valence electrons. The SMILES string of the molecule is O=C(c1ccccc1)N1CCCC2Cc3ccccc3CC21. The molecule has 2 unspecified atom stereocenters. The second kappa shape index (κ2) is 5.60. The number of hydrogen-bond donors (Lipinski definition) is 0. The smallest absolute Gasteiger partial charge is 0.254 e. The van der Waals surface area contributed by atoms with Gasteiger partial charge in [0, 0.05) is 18.2 Å².